The maximum Gasteiger partial charge on any atom is 0.0437 e. The Hall–Kier alpha value is -0.900. The molecule has 2 aliphatic rings. The molecule has 0 radical (unpaired) electrons. The molecule has 1 saturated carbocycles. The van der Waals surface area contributed by atoms with Crippen molar-refractivity contribution in [3.05, 3.63) is 35.9 Å². The van der Waals surface area contributed by atoms with E-state index in [4.69, 9.17) is 0 Å². The van der Waals surface area contributed by atoms with Crippen LogP contribution in [0.1, 0.15) is 63.4 Å². The van der Waals surface area contributed by atoms with E-state index in [-0.39, 0.29) is 6.61 Å². The third-order valence-corrected chi connectivity index (χ3v) is 6.47. The summed E-state index contributed by atoms with van der Waals surface area (Å²) in [4.78, 5) is 2.77. The van der Waals surface area contributed by atoms with Crippen molar-refractivity contribution < 1.29 is 5.11 Å². The monoisotopic (exact) mass is 344 g/mol. The SMILES string of the molecule is CC1CCCCC1N1CCC(NCC(CCO)c2ccccc2)CC1. The zero-order chi connectivity index (χ0) is 17.5. The lowest BCUT2D eigenvalue weighted by Crippen LogP contribution is -2.49. The van der Waals surface area contributed by atoms with Gasteiger partial charge in [0.25, 0.3) is 0 Å². The number of hydrogen-bond donors (Lipinski definition) is 2. The van der Waals surface area contributed by atoms with Crippen LogP contribution in [0, 0.1) is 5.92 Å². The Morgan fingerprint density at radius 1 is 1.08 bits per heavy atom. The smallest absolute Gasteiger partial charge is 0.0437 e. The van der Waals surface area contributed by atoms with Gasteiger partial charge in [0.05, 0.1) is 0 Å². The normalized spacial score (nSPS) is 27.3. The molecule has 1 aliphatic carbocycles. The summed E-state index contributed by atoms with van der Waals surface area (Å²) >= 11 is 0. The lowest BCUT2D eigenvalue weighted by molar-refractivity contribution is 0.0812. The Bertz CT molecular complexity index is 484. The third-order valence-electron chi connectivity index (χ3n) is 6.47. The summed E-state index contributed by atoms with van der Waals surface area (Å²) in [5.74, 6) is 1.30. The van der Waals surface area contributed by atoms with Crippen molar-refractivity contribution in [2.45, 2.75) is 69.9 Å². The Morgan fingerprint density at radius 3 is 2.48 bits per heavy atom. The molecule has 1 aromatic carbocycles. The zero-order valence-corrected chi connectivity index (χ0v) is 15.9. The maximum absolute atomic E-state index is 9.40. The van der Waals surface area contributed by atoms with Crippen molar-refractivity contribution >= 4 is 0 Å². The molecule has 1 heterocycles. The molecule has 140 valence electrons. The molecule has 3 rings (SSSR count). The molecule has 2 fully saturated rings. The number of aliphatic hydroxyl groups excluding tert-OH is 1. The summed E-state index contributed by atoms with van der Waals surface area (Å²) in [6.45, 7) is 6.20. The van der Waals surface area contributed by atoms with Crippen LogP contribution < -0.4 is 5.32 Å². The Kier molecular flexibility index (Phi) is 7.33. The van der Waals surface area contributed by atoms with E-state index in [0.717, 1.165) is 24.9 Å². The van der Waals surface area contributed by atoms with Crippen molar-refractivity contribution in [2.75, 3.05) is 26.2 Å². The van der Waals surface area contributed by atoms with Crippen LogP contribution in [0.2, 0.25) is 0 Å². The fourth-order valence-corrected chi connectivity index (χ4v) is 4.85. The van der Waals surface area contributed by atoms with Gasteiger partial charge in [0.1, 0.15) is 0 Å². The molecule has 3 atom stereocenters. The molecule has 0 amide bonds. The van der Waals surface area contributed by atoms with E-state index in [2.05, 4.69) is 47.5 Å². The lowest BCUT2D eigenvalue weighted by atomic mass is 9.84. The molecule has 2 N–H and O–H groups in total. The first-order chi connectivity index (χ1) is 12.3. The van der Waals surface area contributed by atoms with Gasteiger partial charge >= 0.3 is 0 Å². The fourth-order valence-electron chi connectivity index (χ4n) is 4.85. The van der Waals surface area contributed by atoms with Gasteiger partial charge in [-0.3, -0.25) is 0 Å². The van der Waals surface area contributed by atoms with Crippen LogP contribution >= 0.6 is 0 Å². The number of nitrogens with one attached hydrogen (secondary N) is 1. The second-order valence-corrected chi connectivity index (χ2v) is 8.17. The predicted octanol–water partition coefficient (Wildman–Crippen LogP) is 3.79. The molecule has 0 spiro atoms. The second kappa shape index (κ2) is 9.70. The van der Waals surface area contributed by atoms with Gasteiger partial charge in [0.15, 0.2) is 0 Å². The number of piperidine rings is 1. The van der Waals surface area contributed by atoms with Gasteiger partial charge in [0.2, 0.25) is 0 Å². The molecular formula is C22H36N2O. The van der Waals surface area contributed by atoms with E-state index in [1.54, 1.807) is 0 Å². The van der Waals surface area contributed by atoms with E-state index in [1.165, 1.54) is 57.2 Å². The van der Waals surface area contributed by atoms with Gasteiger partial charge in [0, 0.05) is 25.2 Å². The zero-order valence-electron chi connectivity index (χ0n) is 15.9. The molecule has 3 heteroatoms. The summed E-state index contributed by atoms with van der Waals surface area (Å²) < 4.78 is 0. The lowest BCUT2D eigenvalue weighted by Gasteiger charge is -2.42. The highest BCUT2D eigenvalue weighted by Crippen LogP contribution is 2.30. The average Bonchev–Trinajstić information content (AvgIpc) is 2.67. The molecular weight excluding hydrogens is 308 g/mol. The Balaban J connectivity index is 1.45. The minimum absolute atomic E-state index is 0.263. The largest absolute Gasteiger partial charge is 0.396 e. The van der Waals surface area contributed by atoms with Gasteiger partial charge < -0.3 is 15.3 Å². The van der Waals surface area contributed by atoms with E-state index < -0.39 is 0 Å². The molecule has 25 heavy (non-hydrogen) atoms. The van der Waals surface area contributed by atoms with Gasteiger partial charge in [-0.1, -0.05) is 50.1 Å². The molecule has 0 aromatic heterocycles. The third kappa shape index (κ3) is 5.29. The molecule has 1 saturated heterocycles. The number of aliphatic hydroxyl groups is 1. The van der Waals surface area contributed by atoms with E-state index in [1.807, 2.05) is 0 Å². The van der Waals surface area contributed by atoms with E-state index in [9.17, 15) is 5.11 Å². The van der Waals surface area contributed by atoms with Gasteiger partial charge in [-0.25, -0.2) is 0 Å². The van der Waals surface area contributed by atoms with Crippen molar-refractivity contribution in [3.8, 4) is 0 Å². The molecule has 3 nitrogen and oxygen atoms in total. The standard InChI is InChI=1S/C22H36N2O/c1-18-7-5-6-10-22(18)24-14-11-21(12-15-24)23-17-20(13-16-25)19-8-3-2-4-9-19/h2-4,8-9,18,20-23,25H,5-7,10-17H2,1H3. The van der Waals surface area contributed by atoms with Crippen molar-refractivity contribution in [1.29, 1.82) is 0 Å². The molecule has 3 unspecified atom stereocenters. The summed E-state index contributed by atoms with van der Waals surface area (Å²) in [6.07, 6.45) is 9.06. The number of nitrogens with zero attached hydrogens (tertiary/aromatic N) is 1. The second-order valence-electron chi connectivity index (χ2n) is 8.17. The van der Waals surface area contributed by atoms with Crippen molar-refractivity contribution in [1.82, 2.24) is 10.2 Å². The number of hydrogen-bond acceptors (Lipinski definition) is 3. The van der Waals surface area contributed by atoms with Crippen LogP contribution in [0.15, 0.2) is 30.3 Å². The molecule has 0 bridgehead atoms. The molecule has 1 aromatic rings. The number of likely N-dealkylation sites (tertiary alicyclic amines) is 1. The number of rotatable bonds is 7. The van der Waals surface area contributed by atoms with Crippen molar-refractivity contribution in [2.24, 2.45) is 5.92 Å². The first kappa shape index (κ1) is 18.9. The van der Waals surface area contributed by atoms with Gasteiger partial charge in [-0.2, -0.15) is 0 Å². The maximum atomic E-state index is 9.40. The van der Waals surface area contributed by atoms with Crippen LogP contribution in [0.4, 0.5) is 0 Å². The van der Waals surface area contributed by atoms with Crippen LogP contribution in [0.5, 0.6) is 0 Å². The minimum Gasteiger partial charge on any atom is -0.396 e. The average molecular weight is 345 g/mol. The highest BCUT2D eigenvalue weighted by Gasteiger charge is 2.30. The first-order valence-electron chi connectivity index (χ1n) is 10.4. The Morgan fingerprint density at radius 2 is 1.80 bits per heavy atom. The van der Waals surface area contributed by atoms with Crippen LogP contribution in [-0.2, 0) is 0 Å². The summed E-state index contributed by atoms with van der Waals surface area (Å²) in [7, 11) is 0. The summed E-state index contributed by atoms with van der Waals surface area (Å²) in [5, 5.41) is 13.2. The molecule has 1 aliphatic heterocycles. The van der Waals surface area contributed by atoms with Crippen LogP contribution in [0.3, 0.4) is 0 Å². The summed E-state index contributed by atoms with van der Waals surface area (Å²) in [5.41, 5.74) is 1.34. The summed E-state index contributed by atoms with van der Waals surface area (Å²) in [6, 6.07) is 12.1. The van der Waals surface area contributed by atoms with Gasteiger partial charge in [-0.05, 0) is 62.6 Å². The van der Waals surface area contributed by atoms with Crippen LogP contribution in [-0.4, -0.2) is 48.3 Å². The van der Waals surface area contributed by atoms with E-state index in [0.29, 0.717) is 12.0 Å². The highest BCUT2D eigenvalue weighted by molar-refractivity contribution is 5.19. The van der Waals surface area contributed by atoms with Gasteiger partial charge in [-0.15, -0.1) is 0 Å². The van der Waals surface area contributed by atoms with Crippen molar-refractivity contribution in [3.63, 3.8) is 0 Å². The topological polar surface area (TPSA) is 35.5 Å². The Labute approximate surface area is 153 Å². The number of benzene rings is 1. The van der Waals surface area contributed by atoms with Crippen LogP contribution in [0.25, 0.3) is 0 Å². The minimum atomic E-state index is 0.263. The highest BCUT2D eigenvalue weighted by atomic mass is 16.3. The quantitative estimate of drug-likeness (QED) is 0.790. The van der Waals surface area contributed by atoms with E-state index >= 15 is 0 Å². The fraction of sp³-hybridized carbons (Fsp3) is 0.727. The predicted molar refractivity (Wildman–Crippen MR) is 105 cm³/mol. The first-order valence-corrected chi connectivity index (χ1v) is 10.4.